The van der Waals surface area contributed by atoms with E-state index in [0.29, 0.717) is 5.56 Å². The number of fused-ring (bicyclic) bond motifs is 1. The van der Waals surface area contributed by atoms with Gasteiger partial charge in [-0.2, -0.15) is 4.39 Å². The summed E-state index contributed by atoms with van der Waals surface area (Å²) in [5.41, 5.74) is 0.572. The molecular weight excluding hydrogens is 186 g/mol. The lowest BCUT2D eigenvalue weighted by atomic mass is 10.2. The summed E-state index contributed by atoms with van der Waals surface area (Å²) in [6.07, 6.45) is 1.40. The minimum atomic E-state index is -1.16. The lowest BCUT2D eigenvalue weighted by Gasteiger charge is -2.00. The number of halogens is 3. The third-order valence-electron chi connectivity index (χ3n) is 1.66. The van der Waals surface area contributed by atoms with E-state index in [1.165, 1.54) is 6.21 Å². The molecule has 2 heterocycles. The average Bonchev–Trinajstić information content (AvgIpc) is 2.48. The van der Waals surface area contributed by atoms with Crippen LogP contribution in [0.15, 0.2) is 4.99 Å². The highest BCUT2D eigenvalue weighted by atomic mass is 35.5. The van der Waals surface area contributed by atoms with Crippen LogP contribution in [0.25, 0.3) is 0 Å². The summed E-state index contributed by atoms with van der Waals surface area (Å²) in [4.78, 5) is 6.94. The Morgan fingerprint density at radius 2 is 2.17 bits per heavy atom. The maximum absolute atomic E-state index is 12.9. The lowest BCUT2D eigenvalue weighted by molar-refractivity contribution is 0.472. The van der Waals surface area contributed by atoms with Crippen molar-refractivity contribution in [2.45, 2.75) is 6.54 Å². The van der Waals surface area contributed by atoms with Crippen molar-refractivity contribution in [1.82, 2.24) is 4.98 Å². The molecule has 0 aliphatic carbocycles. The Labute approximate surface area is 71.9 Å². The topological polar surface area (TPSA) is 25.2 Å². The average molecular weight is 189 g/mol. The first-order chi connectivity index (χ1) is 5.70. The maximum atomic E-state index is 12.9. The second kappa shape index (κ2) is 2.48. The fourth-order valence-corrected chi connectivity index (χ4v) is 1.31. The van der Waals surface area contributed by atoms with Crippen molar-refractivity contribution in [3.8, 4) is 0 Å². The van der Waals surface area contributed by atoms with Crippen LogP contribution < -0.4 is 0 Å². The molecular formula is C7H3ClF2N2. The minimum Gasteiger partial charge on any atom is -0.288 e. The number of pyridine rings is 1. The summed E-state index contributed by atoms with van der Waals surface area (Å²) < 4.78 is 25.5. The SMILES string of the molecule is Fc1nc(Cl)c2c(c1F)CN=C2. The van der Waals surface area contributed by atoms with Crippen LogP contribution in [-0.2, 0) is 6.54 Å². The van der Waals surface area contributed by atoms with Crippen LogP contribution in [0, 0.1) is 11.8 Å². The Hall–Kier alpha value is -1.03. The van der Waals surface area contributed by atoms with Crippen molar-refractivity contribution in [1.29, 1.82) is 0 Å². The summed E-state index contributed by atoms with van der Waals surface area (Å²) in [6, 6.07) is 0. The number of hydrogen-bond acceptors (Lipinski definition) is 2. The highest BCUT2D eigenvalue weighted by Gasteiger charge is 2.20. The van der Waals surface area contributed by atoms with Crippen LogP contribution in [-0.4, -0.2) is 11.2 Å². The van der Waals surface area contributed by atoms with E-state index in [0.717, 1.165) is 0 Å². The molecule has 1 aromatic rings. The standard InChI is InChI=1S/C7H3ClF2N2/c8-6-4-2-11-1-3(4)5(9)7(10)12-6/h2H,1H2. The van der Waals surface area contributed by atoms with E-state index in [1.807, 2.05) is 0 Å². The molecule has 2 nitrogen and oxygen atoms in total. The second-order valence-electron chi connectivity index (χ2n) is 2.37. The smallest absolute Gasteiger partial charge is 0.250 e. The van der Waals surface area contributed by atoms with Crippen molar-refractivity contribution >= 4 is 17.8 Å². The van der Waals surface area contributed by atoms with Crippen molar-refractivity contribution < 1.29 is 8.78 Å². The van der Waals surface area contributed by atoms with Crippen LogP contribution in [0.3, 0.4) is 0 Å². The summed E-state index contributed by atoms with van der Waals surface area (Å²) in [7, 11) is 0. The van der Waals surface area contributed by atoms with E-state index in [-0.39, 0.29) is 17.3 Å². The summed E-state index contributed by atoms with van der Waals surface area (Å²) in [5.74, 6) is -2.11. The van der Waals surface area contributed by atoms with E-state index in [1.54, 1.807) is 0 Å². The predicted octanol–water partition coefficient (Wildman–Crippen LogP) is 1.95. The van der Waals surface area contributed by atoms with Gasteiger partial charge in [-0.25, -0.2) is 9.37 Å². The Bertz CT molecular complexity index is 376. The number of hydrogen-bond donors (Lipinski definition) is 0. The number of aromatic nitrogens is 1. The van der Waals surface area contributed by atoms with Gasteiger partial charge in [0.05, 0.1) is 6.54 Å². The van der Waals surface area contributed by atoms with Crippen LogP contribution in [0.4, 0.5) is 8.78 Å². The summed E-state index contributed by atoms with van der Waals surface area (Å²) >= 11 is 5.54. The van der Waals surface area contributed by atoms with Crippen LogP contribution >= 0.6 is 11.6 Å². The highest BCUT2D eigenvalue weighted by Crippen LogP contribution is 2.24. The monoisotopic (exact) mass is 188 g/mol. The van der Waals surface area contributed by atoms with Gasteiger partial charge >= 0.3 is 0 Å². The first kappa shape index (κ1) is 7.61. The molecule has 0 amide bonds. The molecule has 0 fully saturated rings. The minimum absolute atomic E-state index is 0.0369. The quantitative estimate of drug-likeness (QED) is 0.572. The molecule has 0 saturated carbocycles. The van der Waals surface area contributed by atoms with E-state index in [4.69, 9.17) is 11.6 Å². The van der Waals surface area contributed by atoms with E-state index in [2.05, 4.69) is 9.98 Å². The first-order valence-corrected chi connectivity index (χ1v) is 3.61. The molecule has 62 valence electrons. The van der Waals surface area contributed by atoms with Gasteiger partial charge in [-0.3, -0.25) is 4.99 Å². The first-order valence-electron chi connectivity index (χ1n) is 3.23. The van der Waals surface area contributed by atoms with Gasteiger partial charge in [0.25, 0.3) is 5.95 Å². The predicted molar refractivity (Wildman–Crippen MR) is 40.5 cm³/mol. The zero-order chi connectivity index (χ0) is 8.72. The molecule has 5 heteroatoms. The molecule has 1 aromatic heterocycles. The van der Waals surface area contributed by atoms with Gasteiger partial charge in [-0.05, 0) is 0 Å². The summed E-state index contributed by atoms with van der Waals surface area (Å²) in [6.45, 7) is 0.139. The highest BCUT2D eigenvalue weighted by molar-refractivity contribution is 6.32. The Balaban J connectivity index is 2.74. The molecule has 12 heavy (non-hydrogen) atoms. The Kier molecular flexibility index (Phi) is 1.58. The van der Waals surface area contributed by atoms with Gasteiger partial charge in [0.1, 0.15) is 5.15 Å². The van der Waals surface area contributed by atoms with Gasteiger partial charge in [0, 0.05) is 17.3 Å². The van der Waals surface area contributed by atoms with Crippen LogP contribution in [0.5, 0.6) is 0 Å². The normalized spacial score (nSPS) is 13.6. The largest absolute Gasteiger partial charge is 0.288 e. The number of rotatable bonds is 0. The van der Waals surface area contributed by atoms with Crippen LogP contribution in [0.2, 0.25) is 5.15 Å². The molecule has 0 radical (unpaired) electrons. The molecule has 0 unspecified atom stereocenters. The third-order valence-corrected chi connectivity index (χ3v) is 1.95. The van der Waals surface area contributed by atoms with Gasteiger partial charge in [-0.15, -0.1) is 0 Å². The third kappa shape index (κ3) is 0.914. The molecule has 0 saturated heterocycles. The van der Waals surface area contributed by atoms with Crippen molar-refractivity contribution in [2.75, 3.05) is 0 Å². The molecule has 0 bridgehead atoms. The molecule has 0 spiro atoms. The number of aliphatic imine (C=N–C) groups is 1. The van der Waals surface area contributed by atoms with Gasteiger partial charge in [0.15, 0.2) is 5.82 Å². The van der Waals surface area contributed by atoms with E-state index in [9.17, 15) is 8.78 Å². The fourth-order valence-electron chi connectivity index (χ4n) is 1.08. The van der Waals surface area contributed by atoms with Gasteiger partial charge in [-0.1, -0.05) is 11.6 Å². The fraction of sp³-hybridized carbons (Fsp3) is 0.143. The van der Waals surface area contributed by atoms with Crippen molar-refractivity contribution in [3.05, 3.63) is 28.0 Å². The summed E-state index contributed by atoms with van der Waals surface area (Å²) in [5, 5.41) is -0.0369. The van der Waals surface area contributed by atoms with Crippen molar-refractivity contribution in [3.63, 3.8) is 0 Å². The molecule has 0 atom stereocenters. The van der Waals surface area contributed by atoms with E-state index >= 15 is 0 Å². The molecule has 1 aliphatic heterocycles. The van der Waals surface area contributed by atoms with Crippen LogP contribution in [0.1, 0.15) is 11.1 Å². The Morgan fingerprint density at radius 1 is 1.42 bits per heavy atom. The molecule has 2 rings (SSSR count). The van der Waals surface area contributed by atoms with E-state index < -0.39 is 11.8 Å². The Morgan fingerprint density at radius 3 is 2.92 bits per heavy atom. The van der Waals surface area contributed by atoms with Gasteiger partial charge in [0.2, 0.25) is 0 Å². The lowest BCUT2D eigenvalue weighted by Crippen LogP contribution is -1.99. The van der Waals surface area contributed by atoms with Gasteiger partial charge < -0.3 is 0 Å². The molecule has 0 N–H and O–H groups in total. The molecule has 1 aliphatic rings. The van der Waals surface area contributed by atoms with Crippen molar-refractivity contribution in [2.24, 2.45) is 4.99 Å². The second-order valence-corrected chi connectivity index (χ2v) is 2.73. The molecule has 0 aromatic carbocycles. The number of nitrogens with zero attached hydrogens (tertiary/aromatic N) is 2. The maximum Gasteiger partial charge on any atom is 0.250 e. The zero-order valence-electron chi connectivity index (χ0n) is 5.81. The zero-order valence-corrected chi connectivity index (χ0v) is 6.57.